The van der Waals surface area contributed by atoms with Crippen molar-refractivity contribution in [2.75, 3.05) is 0 Å². The van der Waals surface area contributed by atoms with Gasteiger partial charge in [0.1, 0.15) is 0 Å². The summed E-state index contributed by atoms with van der Waals surface area (Å²) in [5, 5.41) is 4.40. The van der Waals surface area contributed by atoms with Crippen LogP contribution in [0.2, 0.25) is 0 Å². The van der Waals surface area contributed by atoms with Crippen molar-refractivity contribution < 1.29 is 8.42 Å². The van der Waals surface area contributed by atoms with E-state index in [4.69, 9.17) is 0 Å². The molecular formula is C13H12N2O2S. The Hall–Kier alpha value is -2.14. The highest BCUT2D eigenvalue weighted by atomic mass is 32.2. The minimum atomic E-state index is -3.60. The van der Waals surface area contributed by atoms with Crippen molar-refractivity contribution in [3.63, 3.8) is 0 Å². The van der Waals surface area contributed by atoms with Crippen LogP contribution in [0.3, 0.4) is 0 Å². The molecule has 0 unspecified atom stereocenters. The van der Waals surface area contributed by atoms with Crippen LogP contribution in [0, 0.1) is 0 Å². The first-order valence-electron chi connectivity index (χ1n) is 5.34. The lowest BCUT2D eigenvalue weighted by atomic mass is 10.4. The van der Waals surface area contributed by atoms with Gasteiger partial charge >= 0.3 is 0 Å². The summed E-state index contributed by atoms with van der Waals surface area (Å²) >= 11 is 0. The lowest BCUT2D eigenvalue weighted by Crippen LogP contribution is -2.21. The molecule has 2 aromatic carbocycles. The molecule has 0 saturated heterocycles. The van der Waals surface area contributed by atoms with Crippen LogP contribution in [0.4, 0.5) is 0 Å². The summed E-state index contributed by atoms with van der Waals surface area (Å²) in [5.74, 6) is 0. The van der Waals surface area contributed by atoms with E-state index in [0.717, 1.165) is 0 Å². The Bertz CT molecular complexity index is 661. The van der Waals surface area contributed by atoms with Gasteiger partial charge in [-0.05, 0) is 24.3 Å². The van der Waals surface area contributed by atoms with E-state index in [1.807, 2.05) is 12.1 Å². The normalized spacial score (nSPS) is 10.7. The molecule has 0 heterocycles. The molecule has 0 radical (unpaired) electrons. The molecule has 0 amide bonds. The zero-order valence-corrected chi connectivity index (χ0v) is 10.3. The SMILES string of the molecule is O=S(=O)(NN=c1cccccc1)c1ccccc1. The number of nitrogens with zero attached hydrogens (tertiary/aromatic N) is 1. The van der Waals surface area contributed by atoms with Crippen LogP contribution in [0.25, 0.3) is 0 Å². The second kappa shape index (κ2) is 5.46. The van der Waals surface area contributed by atoms with Crippen molar-refractivity contribution >= 4 is 10.0 Å². The molecule has 0 aliphatic carbocycles. The van der Waals surface area contributed by atoms with Gasteiger partial charge in [-0.25, -0.2) is 0 Å². The van der Waals surface area contributed by atoms with Gasteiger partial charge in [-0.2, -0.15) is 18.4 Å². The predicted octanol–water partition coefficient (Wildman–Crippen LogP) is 1.48. The van der Waals surface area contributed by atoms with Crippen LogP contribution in [0.15, 0.2) is 76.7 Å². The van der Waals surface area contributed by atoms with E-state index in [-0.39, 0.29) is 4.90 Å². The fourth-order valence-electron chi connectivity index (χ4n) is 1.33. The molecule has 0 aliphatic heterocycles. The molecule has 0 aromatic heterocycles. The molecule has 0 bridgehead atoms. The van der Waals surface area contributed by atoms with Gasteiger partial charge in [0, 0.05) is 0 Å². The summed E-state index contributed by atoms with van der Waals surface area (Å²) in [5.41, 5.74) is 0. The summed E-state index contributed by atoms with van der Waals surface area (Å²) in [4.78, 5) is 2.39. The Labute approximate surface area is 106 Å². The molecule has 92 valence electrons. The van der Waals surface area contributed by atoms with Gasteiger partial charge in [0.25, 0.3) is 10.0 Å². The molecule has 0 saturated carbocycles. The lowest BCUT2D eigenvalue weighted by molar-refractivity contribution is 0.583. The summed E-state index contributed by atoms with van der Waals surface area (Å²) in [6.45, 7) is 0. The van der Waals surface area contributed by atoms with E-state index in [1.165, 1.54) is 12.1 Å². The average Bonchev–Trinajstić information content (AvgIpc) is 2.66. The number of sulfonamides is 1. The van der Waals surface area contributed by atoms with Crippen molar-refractivity contribution in [2.45, 2.75) is 4.90 Å². The summed E-state index contributed by atoms with van der Waals surface area (Å²) in [6.07, 6.45) is 0. The van der Waals surface area contributed by atoms with Crippen molar-refractivity contribution in [1.29, 1.82) is 0 Å². The highest BCUT2D eigenvalue weighted by Gasteiger charge is 2.10. The summed E-state index contributed by atoms with van der Waals surface area (Å²) in [6, 6.07) is 18.8. The van der Waals surface area contributed by atoms with E-state index in [2.05, 4.69) is 9.93 Å². The third-order valence-corrected chi connectivity index (χ3v) is 3.44. The standard InChI is InChI=1S/C13H12N2O2S/c16-18(17,13-10-6-3-7-11-13)15-14-12-8-4-1-2-5-9-12/h1-11,15H. The van der Waals surface area contributed by atoms with E-state index in [9.17, 15) is 8.42 Å². The van der Waals surface area contributed by atoms with Crippen LogP contribution in [-0.4, -0.2) is 8.42 Å². The summed E-state index contributed by atoms with van der Waals surface area (Å²) in [7, 11) is -3.60. The van der Waals surface area contributed by atoms with Crippen LogP contribution in [0.5, 0.6) is 0 Å². The van der Waals surface area contributed by atoms with Crippen molar-refractivity contribution in [3.05, 3.63) is 72.1 Å². The maximum atomic E-state index is 11.9. The number of rotatable bonds is 3. The first-order valence-corrected chi connectivity index (χ1v) is 6.83. The topological polar surface area (TPSA) is 58.5 Å². The van der Waals surface area contributed by atoms with E-state index in [1.54, 1.807) is 42.5 Å². The Morgan fingerprint density at radius 2 is 1.28 bits per heavy atom. The van der Waals surface area contributed by atoms with Crippen LogP contribution in [-0.2, 0) is 10.0 Å². The second-order valence-corrected chi connectivity index (χ2v) is 5.21. The average molecular weight is 260 g/mol. The van der Waals surface area contributed by atoms with Gasteiger partial charge in [-0.1, -0.05) is 42.5 Å². The largest absolute Gasteiger partial charge is 0.276 e. The quantitative estimate of drug-likeness (QED) is 0.850. The number of nitrogens with one attached hydrogen (secondary N) is 1. The second-order valence-electron chi connectivity index (χ2n) is 3.55. The minimum absolute atomic E-state index is 0.189. The zero-order valence-electron chi connectivity index (χ0n) is 9.52. The Morgan fingerprint density at radius 1 is 0.778 bits per heavy atom. The lowest BCUT2D eigenvalue weighted by Gasteiger charge is -2.01. The van der Waals surface area contributed by atoms with Crippen LogP contribution >= 0.6 is 0 Å². The minimum Gasteiger partial charge on any atom is -0.200 e. The van der Waals surface area contributed by atoms with Gasteiger partial charge in [0.15, 0.2) is 0 Å². The maximum absolute atomic E-state index is 11.9. The highest BCUT2D eigenvalue weighted by molar-refractivity contribution is 7.89. The molecular weight excluding hydrogens is 248 g/mol. The fourth-order valence-corrected chi connectivity index (χ4v) is 2.18. The Kier molecular flexibility index (Phi) is 3.74. The van der Waals surface area contributed by atoms with Gasteiger partial charge in [-0.3, -0.25) is 0 Å². The van der Waals surface area contributed by atoms with Crippen LogP contribution in [0.1, 0.15) is 0 Å². The first kappa shape index (κ1) is 12.3. The molecule has 0 aliphatic rings. The van der Waals surface area contributed by atoms with Crippen molar-refractivity contribution in [3.8, 4) is 0 Å². The van der Waals surface area contributed by atoms with E-state index >= 15 is 0 Å². The molecule has 1 N–H and O–H groups in total. The Morgan fingerprint density at radius 3 is 1.89 bits per heavy atom. The fraction of sp³-hybridized carbons (Fsp3) is 0. The third-order valence-electron chi connectivity index (χ3n) is 2.22. The number of hydrogen-bond donors (Lipinski definition) is 1. The third kappa shape index (κ3) is 3.18. The van der Waals surface area contributed by atoms with E-state index < -0.39 is 10.0 Å². The smallest absolute Gasteiger partial charge is 0.200 e. The molecule has 0 fully saturated rings. The van der Waals surface area contributed by atoms with Gasteiger partial charge < -0.3 is 0 Å². The number of hydrogen-bond acceptors (Lipinski definition) is 3. The van der Waals surface area contributed by atoms with E-state index in [0.29, 0.717) is 5.36 Å². The summed E-state index contributed by atoms with van der Waals surface area (Å²) < 4.78 is 23.8. The van der Waals surface area contributed by atoms with Gasteiger partial charge in [-0.15, -0.1) is 0 Å². The Balaban J connectivity index is 2.29. The molecule has 0 spiro atoms. The van der Waals surface area contributed by atoms with Gasteiger partial charge in [0.05, 0.1) is 10.3 Å². The van der Waals surface area contributed by atoms with Crippen molar-refractivity contribution in [2.24, 2.45) is 5.10 Å². The predicted molar refractivity (Wildman–Crippen MR) is 68.8 cm³/mol. The molecule has 5 heteroatoms. The molecule has 0 atom stereocenters. The molecule has 4 nitrogen and oxygen atoms in total. The monoisotopic (exact) mass is 260 g/mol. The van der Waals surface area contributed by atoms with Crippen LogP contribution < -0.4 is 10.2 Å². The highest BCUT2D eigenvalue weighted by Crippen LogP contribution is 2.06. The molecule has 18 heavy (non-hydrogen) atoms. The van der Waals surface area contributed by atoms with Gasteiger partial charge in [0.2, 0.25) is 0 Å². The maximum Gasteiger partial charge on any atom is 0.276 e. The molecule has 2 rings (SSSR count). The molecule has 2 aromatic rings. The zero-order chi connectivity index (χ0) is 12.8. The first-order chi connectivity index (χ1) is 8.68. The number of benzene rings is 1. The van der Waals surface area contributed by atoms with Crippen molar-refractivity contribution in [1.82, 2.24) is 4.83 Å².